The van der Waals surface area contributed by atoms with Crippen LogP contribution in [0, 0.1) is 0 Å². The number of benzene rings is 2. The lowest BCUT2D eigenvalue weighted by Crippen LogP contribution is -2.22. The third kappa shape index (κ3) is 4.92. The number of anilines is 1. The standard InChI is InChI=1S/C20H19N3O3S/c1-13(24)22-16-8-6-14(7-9-16)18-12-27-19(23-18)11-21-20(25)15-4-3-5-17(10-15)26-2/h3-10,12H,11H2,1-2H3,(H,21,25)(H,22,24). The lowest BCUT2D eigenvalue weighted by molar-refractivity contribution is -0.114. The van der Waals surface area contributed by atoms with Crippen molar-refractivity contribution in [1.29, 1.82) is 0 Å². The monoisotopic (exact) mass is 381 g/mol. The van der Waals surface area contributed by atoms with Crippen molar-refractivity contribution in [3.8, 4) is 17.0 Å². The zero-order valence-electron chi connectivity index (χ0n) is 15.0. The van der Waals surface area contributed by atoms with Crippen LogP contribution in [0.3, 0.4) is 0 Å². The summed E-state index contributed by atoms with van der Waals surface area (Å²) in [7, 11) is 1.57. The number of aromatic nitrogens is 1. The van der Waals surface area contributed by atoms with Gasteiger partial charge in [-0.25, -0.2) is 4.98 Å². The van der Waals surface area contributed by atoms with Gasteiger partial charge in [-0.1, -0.05) is 18.2 Å². The molecule has 0 spiro atoms. The Balaban J connectivity index is 1.62. The number of hydrogen-bond acceptors (Lipinski definition) is 5. The van der Waals surface area contributed by atoms with Crippen LogP contribution >= 0.6 is 11.3 Å². The molecule has 1 heterocycles. The van der Waals surface area contributed by atoms with Gasteiger partial charge in [0, 0.05) is 29.1 Å². The SMILES string of the molecule is COc1cccc(C(=O)NCc2nc(-c3ccc(NC(C)=O)cc3)cs2)c1. The molecule has 3 rings (SSSR count). The molecule has 3 aromatic rings. The molecule has 0 bridgehead atoms. The molecule has 0 radical (unpaired) electrons. The van der Waals surface area contributed by atoms with Crippen molar-refractivity contribution in [2.45, 2.75) is 13.5 Å². The third-order valence-corrected chi connectivity index (χ3v) is 4.63. The fraction of sp³-hybridized carbons (Fsp3) is 0.150. The Morgan fingerprint density at radius 2 is 1.93 bits per heavy atom. The van der Waals surface area contributed by atoms with Gasteiger partial charge in [0.2, 0.25) is 5.91 Å². The predicted octanol–water partition coefficient (Wildman–Crippen LogP) is 3.71. The molecule has 0 unspecified atom stereocenters. The van der Waals surface area contributed by atoms with Crippen LogP contribution in [0.4, 0.5) is 5.69 Å². The molecule has 2 N–H and O–H groups in total. The Kier molecular flexibility index (Phi) is 5.83. The summed E-state index contributed by atoms with van der Waals surface area (Å²) < 4.78 is 5.14. The topological polar surface area (TPSA) is 80.3 Å². The van der Waals surface area contributed by atoms with Crippen molar-refractivity contribution in [3.05, 3.63) is 64.5 Å². The first-order valence-electron chi connectivity index (χ1n) is 8.30. The maximum atomic E-state index is 12.3. The Hall–Kier alpha value is -3.19. The van der Waals surface area contributed by atoms with Gasteiger partial charge in [-0.2, -0.15) is 0 Å². The number of nitrogens with one attached hydrogen (secondary N) is 2. The summed E-state index contributed by atoms with van der Waals surface area (Å²) in [6.45, 7) is 1.82. The van der Waals surface area contributed by atoms with E-state index in [0.29, 0.717) is 17.9 Å². The van der Waals surface area contributed by atoms with Gasteiger partial charge >= 0.3 is 0 Å². The van der Waals surface area contributed by atoms with Crippen molar-refractivity contribution in [3.63, 3.8) is 0 Å². The van der Waals surface area contributed by atoms with E-state index in [0.717, 1.165) is 22.0 Å². The number of carbonyl (C=O) groups is 2. The van der Waals surface area contributed by atoms with E-state index in [9.17, 15) is 9.59 Å². The van der Waals surface area contributed by atoms with Crippen LogP contribution in [0.5, 0.6) is 5.75 Å². The van der Waals surface area contributed by atoms with E-state index in [4.69, 9.17) is 4.74 Å². The molecule has 0 fully saturated rings. The number of methoxy groups -OCH3 is 1. The Labute approximate surface area is 161 Å². The first-order chi connectivity index (χ1) is 13.0. The maximum absolute atomic E-state index is 12.3. The molecular weight excluding hydrogens is 362 g/mol. The molecule has 0 aliphatic carbocycles. The minimum absolute atomic E-state index is 0.106. The zero-order chi connectivity index (χ0) is 19.2. The minimum Gasteiger partial charge on any atom is -0.497 e. The first-order valence-corrected chi connectivity index (χ1v) is 9.18. The second-order valence-corrected chi connectivity index (χ2v) is 6.74. The molecule has 7 heteroatoms. The fourth-order valence-corrected chi connectivity index (χ4v) is 3.22. The van der Waals surface area contributed by atoms with Crippen LogP contribution < -0.4 is 15.4 Å². The number of carbonyl (C=O) groups excluding carboxylic acids is 2. The molecule has 2 amide bonds. The molecule has 2 aromatic carbocycles. The molecule has 1 aromatic heterocycles. The minimum atomic E-state index is -0.176. The molecule has 138 valence electrons. The average molecular weight is 381 g/mol. The summed E-state index contributed by atoms with van der Waals surface area (Å²) >= 11 is 1.48. The van der Waals surface area contributed by atoms with E-state index in [-0.39, 0.29) is 11.8 Å². The number of nitrogens with zero attached hydrogens (tertiary/aromatic N) is 1. The lowest BCUT2D eigenvalue weighted by atomic mass is 10.1. The van der Waals surface area contributed by atoms with Gasteiger partial charge < -0.3 is 15.4 Å². The van der Waals surface area contributed by atoms with E-state index in [1.807, 2.05) is 29.6 Å². The quantitative estimate of drug-likeness (QED) is 0.682. The van der Waals surface area contributed by atoms with Crippen LogP contribution in [0.1, 0.15) is 22.3 Å². The van der Waals surface area contributed by atoms with Crippen molar-refractivity contribution < 1.29 is 14.3 Å². The highest BCUT2D eigenvalue weighted by molar-refractivity contribution is 7.09. The van der Waals surface area contributed by atoms with Crippen molar-refractivity contribution >= 4 is 28.8 Å². The van der Waals surface area contributed by atoms with Gasteiger partial charge in [0.1, 0.15) is 10.8 Å². The van der Waals surface area contributed by atoms with Crippen LogP contribution in [0.2, 0.25) is 0 Å². The normalized spacial score (nSPS) is 10.3. The average Bonchev–Trinajstić information content (AvgIpc) is 3.15. The second kappa shape index (κ2) is 8.46. The van der Waals surface area contributed by atoms with Crippen molar-refractivity contribution in [1.82, 2.24) is 10.3 Å². The number of rotatable bonds is 6. The van der Waals surface area contributed by atoms with Gasteiger partial charge in [0.05, 0.1) is 19.3 Å². The van der Waals surface area contributed by atoms with E-state index in [1.54, 1.807) is 31.4 Å². The Morgan fingerprint density at radius 1 is 1.15 bits per heavy atom. The Bertz CT molecular complexity index is 951. The van der Waals surface area contributed by atoms with E-state index in [2.05, 4.69) is 15.6 Å². The molecule has 0 saturated carbocycles. The first kappa shape index (κ1) is 18.6. The summed E-state index contributed by atoms with van der Waals surface area (Å²) in [6.07, 6.45) is 0. The zero-order valence-corrected chi connectivity index (χ0v) is 15.8. The maximum Gasteiger partial charge on any atom is 0.251 e. The Morgan fingerprint density at radius 3 is 2.63 bits per heavy atom. The van der Waals surface area contributed by atoms with E-state index < -0.39 is 0 Å². The number of hydrogen-bond donors (Lipinski definition) is 2. The van der Waals surface area contributed by atoms with Crippen LogP contribution in [-0.4, -0.2) is 23.9 Å². The van der Waals surface area contributed by atoms with E-state index in [1.165, 1.54) is 18.3 Å². The summed E-state index contributed by atoms with van der Waals surface area (Å²) in [4.78, 5) is 27.9. The molecule has 0 atom stereocenters. The van der Waals surface area contributed by atoms with Crippen molar-refractivity contribution in [2.24, 2.45) is 0 Å². The highest BCUT2D eigenvalue weighted by atomic mass is 32.1. The smallest absolute Gasteiger partial charge is 0.251 e. The van der Waals surface area contributed by atoms with Crippen LogP contribution in [-0.2, 0) is 11.3 Å². The van der Waals surface area contributed by atoms with Gasteiger partial charge in [-0.3, -0.25) is 9.59 Å². The molecule has 0 aliphatic heterocycles. The van der Waals surface area contributed by atoms with Crippen LogP contribution in [0.15, 0.2) is 53.9 Å². The highest BCUT2D eigenvalue weighted by Gasteiger charge is 2.09. The number of ether oxygens (including phenoxy) is 1. The predicted molar refractivity (Wildman–Crippen MR) is 106 cm³/mol. The summed E-state index contributed by atoms with van der Waals surface area (Å²) in [6, 6.07) is 14.5. The largest absolute Gasteiger partial charge is 0.497 e. The van der Waals surface area contributed by atoms with Gasteiger partial charge in [-0.05, 0) is 30.3 Å². The van der Waals surface area contributed by atoms with Gasteiger partial charge in [-0.15, -0.1) is 11.3 Å². The third-order valence-electron chi connectivity index (χ3n) is 3.78. The fourth-order valence-electron chi connectivity index (χ4n) is 2.47. The van der Waals surface area contributed by atoms with Gasteiger partial charge in [0.15, 0.2) is 0 Å². The molecule has 0 aliphatic rings. The van der Waals surface area contributed by atoms with Crippen LogP contribution in [0.25, 0.3) is 11.3 Å². The second-order valence-electron chi connectivity index (χ2n) is 5.80. The number of amides is 2. The molecule has 0 saturated heterocycles. The summed E-state index contributed by atoms with van der Waals surface area (Å²) in [5.41, 5.74) is 3.07. The molecular formula is C20H19N3O3S. The molecule has 6 nitrogen and oxygen atoms in total. The lowest BCUT2D eigenvalue weighted by Gasteiger charge is -2.05. The van der Waals surface area contributed by atoms with Crippen molar-refractivity contribution in [2.75, 3.05) is 12.4 Å². The summed E-state index contributed by atoms with van der Waals surface area (Å²) in [5, 5.41) is 8.36. The van der Waals surface area contributed by atoms with Gasteiger partial charge in [0.25, 0.3) is 5.91 Å². The highest BCUT2D eigenvalue weighted by Crippen LogP contribution is 2.23. The van der Waals surface area contributed by atoms with E-state index >= 15 is 0 Å². The summed E-state index contributed by atoms with van der Waals surface area (Å²) in [5.74, 6) is 0.359. The number of thiazole rings is 1. The molecule has 27 heavy (non-hydrogen) atoms.